The Morgan fingerprint density at radius 2 is 1.88 bits per heavy atom. The quantitative estimate of drug-likeness (QED) is 0.218. The van der Waals surface area contributed by atoms with Gasteiger partial charge in [0.1, 0.15) is 11.6 Å². The number of hydrogen-bond acceptors (Lipinski definition) is 5. The lowest BCUT2D eigenvalue weighted by Gasteiger charge is -2.36. The fourth-order valence-corrected chi connectivity index (χ4v) is 5.58. The molecule has 0 fully saturated rings. The van der Waals surface area contributed by atoms with Gasteiger partial charge in [0.25, 0.3) is 0 Å². The fraction of sp³-hybridized carbons (Fsp3) is 0.480. The summed E-state index contributed by atoms with van der Waals surface area (Å²) in [5.41, 5.74) is 1.82. The van der Waals surface area contributed by atoms with Crippen LogP contribution in [0.25, 0.3) is 0 Å². The van der Waals surface area contributed by atoms with Gasteiger partial charge in [0.2, 0.25) is 0 Å². The van der Waals surface area contributed by atoms with Crippen LogP contribution in [0.2, 0.25) is 0 Å². The van der Waals surface area contributed by atoms with Crippen molar-refractivity contribution in [3.8, 4) is 17.2 Å². The Morgan fingerprint density at radius 1 is 1.09 bits per heavy atom. The Balaban J connectivity index is 2.74. The lowest BCUT2D eigenvalue weighted by Crippen LogP contribution is -2.25. The molecule has 2 atom stereocenters. The fourth-order valence-electron chi connectivity index (χ4n) is 3.82. The van der Waals surface area contributed by atoms with Crippen LogP contribution in [0.15, 0.2) is 35.3 Å². The van der Waals surface area contributed by atoms with Crippen LogP contribution >= 0.6 is 8.58 Å². The van der Waals surface area contributed by atoms with Crippen LogP contribution in [0.1, 0.15) is 50.7 Å². The number of rotatable bonds is 13. The number of hydrogen-bond donors (Lipinski definition) is 0. The summed E-state index contributed by atoms with van der Waals surface area (Å²) >= 11 is 0. The van der Waals surface area contributed by atoms with Gasteiger partial charge in [-0.1, -0.05) is 41.3 Å². The van der Waals surface area contributed by atoms with E-state index in [1.54, 1.807) is 40.7 Å². The molecule has 0 aliphatic rings. The van der Waals surface area contributed by atoms with Crippen molar-refractivity contribution in [1.29, 1.82) is 0 Å². The first-order valence-corrected chi connectivity index (χ1v) is 11.9. The van der Waals surface area contributed by atoms with Gasteiger partial charge < -0.3 is 18.9 Å². The number of benzene rings is 2. The number of nitrogens with zero attached hydrogens (tertiary/aromatic N) is 1. The van der Waals surface area contributed by atoms with Gasteiger partial charge in [-0.25, -0.2) is 4.39 Å². The molecule has 0 aliphatic carbocycles. The van der Waals surface area contributed by atoms with Crippen LogP contribution in [-0.2, 0) is 9.89 Å². The lowest BCUT2D eigenvalue weighted by molar-refractivity contribution is 0.0478. The highest BCUT2D eigenvalue weighted by molar-refractivity contribution is 7.48. The molecule has 32 heavy (non-hydrogen) atoms. The minimum absolute atomic E-state index is 0.108. The smallest absolute Gasteiger partial charge is 0.188 e. The van der Waals surface area contributed by atoms with Crippen molar-refractivity contribution in [3.63, 3.8) is 0 Å². The van der Waals surface area contributed by atoms with E-state index in [2.05, 4.69) is 18.8 Å². The van der Waals surface area contributed by atoms with Gasteiger partial charge in [0, 0.05) is 42.7 Å². The predicted molar refractivity (Wildman–Crippen MR) is 131 cm³/mol. The normalized spacial score (nSPS) is 13.6. The Labute approximate surface area is 193 Å². The third-order valence-corrected chi connectivity index (χ3v) is 7.61. The Kier molecular flexibility index (Phi) is 10.4. The van der Waals surface area contributed by atoms with E-state index in [1.165, 1.54) is 6.07 Å². The monoisotopic (exact) mass is 463 g/mol. The molecule has 0 saturated heterocycles. The highest BCUT2D eigenvalue weighted by Crippen LogP contribution is 2.54. The summed E-state index contributed by atoms with van der Waals surface area (Å²) in [7, 11) is 6.92. The molecule has 0 heterocycles. The second kappa shape index (κ2) is 12.8. The number of aliphatic imine (C=N–C) groups is 1. The van der Waals surface area contributed by atoms with E-state index < -0.39 is 0 Å². The van der Waals surface area contributed by atoms with E-state index in [4.69, 9.17) is 18.9 Å². The minimum atomic E-state index is -0.267. The van der Waals surface area contributed by atoms with Crippen molar-refractivity contribution in [2.75, 3.05) is 35.2 Å². The van der Waals surface area contributed by atoms with Crippen LogP contribution in [0, 0.1) is 5.82 Å². The van der Waals surface area contributed by atoms with E-state index >= 15 is 0 Å². The third-order valence-electron chi connectivity index (χ3n) is 5.54. The van der Waals surface area contributed by atoms with Gasteiger partial charge in [0.15, 0.2) is 18.3 Å². The van der Waals surface area contributed by atoms with Gasteiger partial charge >= 0.3 is 0 Å². The molecule has 5 nitrogen and oxygen atoms in total. The Bertz CT molecular complexity index is 906. The van der Waals surface area contributed by atoms with Crippen molar-refractivity contribution >= 4 is 20.1 Å². The summed E-state index contributed by atoms with van der Waals surface area (Å²) in [6.45, 7) is 4.48. The summed E-state index contributed by atoms with van der Waals surface area (Å²) in [4.78, 5) is 4.14. The standard InChI is InChI=1S/C25H35FNO4P/c1-7-9-12-25(8-2,32-23-11-10-19(26)13-18(23)16-27-3)21-14-20(29-5)15-22(30-6)24(21)31-17-28-4/h10-11,13-16,32H,7-9,12,17H2,1-6H3. The van der Waals surface area contributed by atoms with Crippen LogP contribution in [0.4, 0.5) is 4.39 Å². The molecule has 0 spiro atoms. The molecule has 2 aromatic carbocycles. The maximum atomic E-state index is 14.0. The highest BCUT2D eigenvalue weighted by atomic mass is 31.1. The van der Waals surface area contributed by atoms with Gasteiger partial charge in [0.05, 0.1) is 14.2 Å². The van der Waals surface area contributed by atoms with Crippen LogP contribution in [0.3, 0.4) is 0 Å². The van der Waals surface area contributed by atoms with E-state index in [-0.39, 0.29) is 17.8 Å². The third kappa shape index (κ3) is 6.20. The van der Waals surface area contributed by atoms with Crippen LogP contribution in [0.5, 0.6) is 17.2 Å². The summed E-state index contributed by atoms with van der Waals surface area (Å²) in [6, 6.07) is 8.80. The minimum Gasteiger partial charge on any atom is -0.497 e. The summed E-state index contributed by atoms with van der Waals surface area (Å²) in [5.74, 6) is 1.70. The molecule has 0 radical (unpaired) electrons. The summed E-state index contributed by atoms with van der Waals surface area (Å²) < 4.78 is 36.5. The second-order valence-corrected chi connectivity index (χ2v) is 9.29. The van der Waals surface area contributed by atoms with Crippen molar-refractivity contribution in [3.05, 3.63) is 47.3 Å². The maximum Gasteiger partial charge on any atom is 0.188 e. The summed E-state index contributed by atoms with van der Waals surface area (Å²) in [5, 5.41) is 0.809. The first-order chi connectivity index (χ1) is 15.5. The van der Waals surface area contributed by atoms with E-state index in [1.807, 2.05) is 18.2 Å². The Morgan fingerprint density at radius 3 is 2.47 bits per heavy atom. The van der Waals surface area contributed by atoms with E-state index in [0.29, 0.717) is 25.8 Å². The molecule has 2 rings (SSSR count). The van der Waals surface area contributed by atoms with Gasteiger partial charge in [-0.05, 0) is 36.3 Å². The lowest BCUT2D eigenvalue weighted by atomic mass is 9.88. The zero-order chi connectivity index (χ0) is 23.6. The van der Waals surface area contributed by atoms with Crippen molar-refractivity contribution in [1.82, 2.24) is 0 Å². The molecule has 2 aromatic rings. The molecule has 0 N–H and O–H groups in total. The largest absolute Gasteiger partial charge is 0.497 e. The molecule has 0 bridgehead atoms. The molecule has 0 aliphatic heterocycles. The SMILES string of the molecule is CCCCC(CC)(Pc1ccc(F)cc1C=NC)c1cc(OC)cc(OC)c1OCOC. The number of unbranched alkanes of at least 4 members (excludes halogenated alkanes) is 1. The number of methoxy groups -OCH3 is 3. The molecular weight excluding hydrogens is 428 g/mol. The average molecular weight is 464 g/mol. The van der Waals surface area contributed by atoms with Gasteiger partial charge in [-0.15, -0.1) is 0 Å². The maximum absolute atomic E-state index is 14.0. The number of halogens is 1. The van der Waals surface area contributed by atoms with E-state index in [0.717, 1.165) is 42.1 Å². The second-order valence-electron chi connectivity index (χ2n) is 7.54. The summed E-state index contributed by atoms with van der Waals surface area (Å²) in [6.07, 6.45) is 5.64. The van der Waals surface area contributed by atoms with Gasteiger partial charge in [-0.2, -0.15) is 0 Å². The molecular formula is C25H35FNO4P. The van der Waals surface area contributed by atoms with Crippen LogP contribution in [-0.4, -0.2) is 41.4 Å². The van der Waals surface area contributed by atoms with Gasteiger partial charge in [-0.3, -0.25) is 4.99 Å². The highest BCUT2D eigenvalue weighted by Gasteiger charge is 2.36. The van der Waals surface area contributed by atoms with Crippen LogP contribution < -0.4 is 19.5 Å². The molecule has 176 valence electrons. The average Bonchev–Trinajstić information content (AvgIpc) is 2.81. The molecule has 7 heteroatoms. The molecule has 0 saturated carbocycles. The first-order valence-electron chi connectivity index (χ1n) is 10.9. The Hall–Kier alpha value is -2.17. The number of ether oxygens (including phenoxy) is 4. The van der Waals surface area contributed by atoms with Crippen molar-refractivity contribution in [2.24, 2.45) is 4.99 Å². The zero-order valence-electron chi connectivity index (χ0n) is 20.0. The molecule has 2 unspecified atom stereocenters. The predicted octanol–water partition coefficient (Wildman–Crippen LogP) is 5.67. The topological polar surface area (TPSA) is 49.3 Å². The molecule has 0 amide bonds. The van der Waals surface area contributed by atoms with Crippen molar-refractivity contribution in [2.45, 2.75) is 44.7 Å². The van der Waals surface area contributed by atoms with E-state index in [9.17, 15) is 4.39 Å². The molecule has 0 aromatic heterocycles. The van der Waals surface area contributed by atoms with Crippen molar-refractivity contribution < 1.29 is 23.3 Å². The zero-order valence-corrected chi connectivity index (χ0v) is 21.0. The first kappa shape index (κ1) is 26.1.